The molecule has 2 heterocycles. The Kier molecular flexibility index (Phi) is 1.65. The Morgan fingerprint density at radius 2 is 2.50 bits per heavy atom. The van der Waals surface area contributed by atoms with E-state index in [2.05, 4.69) is 5.32 Å². The van der Waals surface area contributed by atoms with Gasteiger partial charge in [0.2, 0.25) is 0 Å². The Morgan fingerprint density at radius 1 is 1.75 bits per heavy atom. The second kappa shape index (κ2) is 2.46. The molecule has 0 spiro atoms. The molecule has 2 rings (SSSR count). The first kappa shape index (κ1) is 8.05. The summed E-state index contributed by atoms with van der Waals surface area (Å²) in [7, 11) is 0. The number of esters is 1. The third kappa shape index (κ3) is 0.891. The van der Waals surface area contributed by atoms with Gasteiger partial charge in [-0.1, -0.05) is 6.92 Å². The van der Waals surface area contributed by atoms with Gasteiger partial charge < -0.3 is 10.1 Å². The molecule has 0 radical (unpaired) electrons. The van der Waals surface area contributed by atoms with Gasteiger partial charge in [-0.2, -0.15) is 0 Å². The molecular formula is C9H15NO2. The fraction of sp³-hybridized carbons (Fsp3) is 0.889. The van der Waals surface area contributed by atoms with E-state index in [1.807, 2.05) is 13.8 Å². The van der Waals surface area contributed by atoms with Gasteiger partial charge in [0, 0.05) is 6.42 Å². The summed E-state index contributed by atoms with van der Waals surface area (Å²) >= 11 is 0. The van der Waals surface area contributed by atoms with E-state index in [1.54, 1.807) is 0 Å². The zero-order valence-electron chi connectivity index (χ0n) is 7.59. The van der Waals surface area contributed by atoms with Crippen LogP contribution in [-0.2, 0) is 9.53 Å². The molecule has 68 valence electrons. The lowest BCUT2D eigenvalue weighted by atomic mass is 9.89. The van der Waals surface area contributed by atoms with Crippen molar-refractivity contribution in [3.05, 3.63) is 0 Å². The maximum atomic E-state index is 11.4. The topological polar surface area (TPSA) is 38.3 Å². The average Bonchev–Trinajstić information content (AvgIpc) is 2.42. The van der Waals surface area contributed by atoms with Crippen molar-refractivity contribution in [2.45, 2.75) is 38.3 Å². The predicted molar refractivity (Wildman–Crippen MR) is 44.7 cm³/mol. The van der Waals surface area contributed by atoms with Crippen LogP contribution in [0.4, 0.5) is 0 Å². The van der Waals surface area contributed by atoms with E-state index in [-0.39, 0.29) is 23.5 Å². The molecule has 3 heteroatoms. The first-order valence-electron chi connectivity index (χ1n) is 4.63. The molecule has 2 aliphatic heterocycles. The second-order valence-electron chi connectivity index (χ2n) is 3.93. The third-order valence-electron chi connectivity index (χ3n) is 3.12. The molecular weight excluding hydrogens is 154 g/mol. The van der Waals surface area contributed by atoms with Crippen LogP contribution < -0.4 is 5.32 Å². The first-order chi connectivity index (χ1) is 5.67. The number of carbonyl (C=O) groups excluding carboxylic acids is 1. The van der Waals surface area contributed by atoms with Crippen molar-refractivity contribution in [2.75, 3.05) is 6.54 Å². The van der Waals surface area contributed by atoms with Gasteiger partial charge in [0.05, 0.1) is 12.0 Å². The van der Waals surface area contributed by atoms with Gasteiger partial charge in [-0.05, 0) is 19.9 Å². The first-order valence-corrected chi connectivity index (χ1v) is 4.63. The highest BCUT2D eigenvalue weighted by Gasteiger charge is 2.54. The maximum absolute atomic E-state index is 11.4. The Morgan fingerprint density at radius 3 is 3.17 bits per heavy atom. The molecule has 0 aromatic carbocycles. The molecule has 2 aliphatic rings. The summed E-state index contributed by atoms with van der Waals surface area (Å²) in [4.78, 5) is 11.4. The van der Waals surface area contributed by atoms with Crippen LogP contribution in [-0.4, -0.2) is 24.2 Å². The van der Waals surface area contributed by atoms with Gasteiger partial charge in [0.25, 0.3) is 0 Å². The van der Waals surface area contributed by atoms with E-state index in [4.69, 9.17) is 4.74 Å². The van der Waals surface area contributed by atoms with Crippen molar-refractivity contribution in [3.63, 3.8) is 0 Å². The van der Waals surface area contributed by atoms with Crippen LogP contribution >= 0.6 is 0 Å². The Hall–Kier alpha value is -0.570. The van der Waals surface area contributed by atoms with Crippen molar-refractivity contribution in [3.8, 4) is 0 Å². The van der Waals surface area contributed by atoms with Gasteiger partial charge >= 0.3 is 5.97 Å². The fourth-order valence-electron chi connectivity index (χ4n) is 2.37. The van der Waals surface area contributed by atoms with Gasteiger partial charge in [0.1, 0.15) is 5.60 Å². The van der Waals surface area contributed by atoms with E-state index in [9.17, 15) is 4.79 Å². The molecule has 3 atom stereocenters. The second-order valence-corrected chi connectivity index (χ2v) is 3.93. The molecule has 1 N–H and O–H groups in total. The minimum atomic E-state index is -0.211. The van der Waals surface area contributed by atoms with E-state index in [0.29, 0.717) is 0 Å². The number of rotatable bonds is 1. The van der Waals surface area contributed by atoms with Crippen LogP contribution in [0.15, 0.2) is 0 Å². The molecule has 12 heavy (non-hydrogen) atoms. The SMILES string of the molecule is CC[C@@H]1C(=O)O[C@]2(C)CCN[C@H]12. The zero-order chi connectivity index (χ0) is 8.77. The van der Waals surface area contributed by atoms with Crippen LogP contribution in [0.3, 0.4) is 0 Å². The van der Waals surface area contributed by atoms with Crippen molar-refractivity contribution in [2.24, 2.45) is 5.92 Å². The highest BCUT2D eigenvalue weighted by atomic mass is 16.6. The lowest BCUT2D eigenvalue weighted by molar-refractivity contribution is -0.149. The summed E-state index contributed by atoms with van der Waals surface area (Å²) in [5, 5.41) is 3.34. The summed E-state index contributed by atoms with van der Waals surface area (Å²) < 4.78 is 5.37. The van der Waals surface area contributed by atoms with Crippen molar-refractivity contribution in [1.29, 1.82) is 0 Å². The number of hydrogen-bond donors (Lipinski definition) is 1. The van der Waals surface area contributed by atoms with Crippen LogP contribution in [0, 0.1) is 5.92 Å². The van der Waals surface area contributed by atoms with Crippen molar-refractivity contribution in [1.82, 2.24) is 5.32 Å². The largest absolute Gasteiger partial charge is 0.457 e. The summed E-state index contributed by atoms with van der Waals surface area (Å²) in [5.74, 6) is 0.0645. The van der Waals surface area contributed by atoms with Crippen molar-refractivity contribution >= 4 is 5.97 Å². The highest BCUT2D eigenvalue weighted by Crippen LogP contribution is 2.38. The molecule has 0 aromatic rings. The third-order valence-corrected chi connectivity index (χ3v) is 3.12. The van der Waals surface area contributed by atoms with Gasteiger partial charge in [-0.25, -0.2) is 0 Å². The minimum Gasteiger partial charge on any atom is -0.457 e. The molecule has 0 aliphatic carbocycles. The average molecular weight is 169 g/mol. The van der Waals surface area contributed by atoms with Crippen LogP contribution in [0.1, 0.15) is 26.7 Å². The lowest BCUT2D eigenvalue weighted by Crippen LogP contribution is -2.39. The standard InChI is InChI=1S/C9H15NO2/c1-3-6-7-9(2,4-5-10-7)12-8(6)11/h6-7,10H,3-5H2,1-2H3/t6-,7+,9+/m0/s1. The number of hydrogen-bond acceptors (Lipinski definition) is 3. The Bertz CT molecular complexity index is 217. The Balaban J connectivity index is 2.24. The maximum Gasteiger partial charge on any atom is 0.311 e. The molecule has 0 saturated carbocycles. The summed E-state index contributed by atoms with van der Waals surface area (Å²) in [6.45, 7) is 5.05. The van der Waals surface area contributed by atoms with Crippen LogP contribution in [0.25, 0.3) is 0 Å². The van der Waals surface area contributed by atoms with Gasteiger partial charge in [-0.3, -0.25) is 4.79 Å². The molecule has 0 bridgehead atoms. The van der Waals surface area contributed by atoms with Crippen molar-refractivity contribution < 1.29 is 9.53 Å². The van der Waals surface area contributed by atoms with Crippen LogP contribution in [0.2, 0.25) is 0 Å². The molecule has 0 aromatic heterocycles. The molecule has 0 amide bonds. The highest BCUT2D eigenvalue weighted by molar-refractivity contribution is 5.77. The van der Waals surface area contributed by atoms with Gasteiger partial charge in [-0.15, -0.1) is 0 Å². The summed E-state index contributed by atoms with van der Waals surface area (Å²) in [5.41, 5.74) is -0.211. The predicted octanol–water partition coefficient (Wildman–Crippen LogP) is 0.690. The minimum absolute atomic E-state index is 0.0165. The summed E-state index contributed by atoms with van der Waals surface area (Å²) in [6, 6.07) is 0.259. The van der Waals surface area contributed by atoms with E-state index in [0.717, 1.165) is 19.4 Å². The quantitative estimate of drug-likeness (QED) is 0.587. The lowest BCUT2D eigenvalue weighted by Gasteiger charge is -2.21. The summed E-state index contributed by atoms with van der Waals surface area (Å²) in [6.07, 6.45) is 1.84. The monoisotopic (exact) mass is 169 g/mol. The van der Waals surface area contributed by atoms with Crippen LogP contribution in [0.5, 0.6) is 0 Å². The normalized spacial score (nSPS) is 46.0. The molecule has 3 nitrogen and oxygen atoms in total. The number of carbonyl (C=O) groups is 1. The number of fused-ring (bicyclic) bond motifs is 1. The van der Waals surface area contributed by atoms with E-state index >= 15 is 0 Å². The number of nitrogens with one attached hydrogen (secondary N) is 1. The number of ether oxygens (including phenoxy) is 1. The molecule has 0 unspecified atom stereocenters. The fourth-order valence-corrected chi connectivity index (χ4v) is 2.37. The molecule has 2 saturated heterocycles. The van der Waals surface area contributed by atoms with E-state index < -0.39 is 0 Å². The molecule has 2 fully saturated rings. The Labute approximate surface area is 72.5 Å². The smallest absolute Gasteiger partial charge is 0.311 e. The van der Waals surface area contributed by atoms with Gasteiger partial charge in [0.15, 0.2) is 0 Å². The zero-order valence-corrected chi connectivity index (χ0v) is 7.59. The van der Waals surface area contributed by atoms with E-state index in [1.165, 1.54) is 0 Å².